The lowest BCUT2D eigenvalue weighted by atomic mass is 10.0. The lowest BCUT2D eigenvalue weighted by Crippen LogP contribution is -2.52. The van der Waals surface area contributed by atoms with Gasteiger partial charge < -0.3 is 19.6 Å². The van der Waals surface area contributed by atoms with Gasteiger partial charge in [-0.15, -0.1) is 0 Å². The standard InChI is InChI=1S/C21H27F2N5O3/c1-13(2)20-25-19(26-31-20)8-10-28(14(3)29)16-5-4-9-27(12-16)21(30)24-18-11-15(22)6-7-17(18)23/h6-7,11,13,16H,4-5,8-10,12H2,1-3H3,(H,24,30). The van der Waals surface area contributed by atoms with Gasteiger partial charge in [0.1, 0.15) is 11.6 Å². The van der Waals surface area contributed by atoms with Crippen molar-refractivity contribution >= 4 is 17.6 Å². The summed E-state index contributed by atoms with van der Waals surface area (Å²) in [5.41, 5.74) is -0.214. The van der Waals surface area contributed by atoms with E-state index in [9.17, 15) is 18.4 Å². The highest BCUT2D eigenvalue weighted by atomic mass is 19.1. The second kappa shape index (κ2) is 9.84. The molecule has 2 heterocycles. The first kappa shape index (κ1) is 22.6. The molecule has 1 fully saturated rings. The number of benzene rings is 1. The first-order valence-electron chi connectivity index (χ1n) is 10.3. The number of likely N-dealkylation sites (tertiary alicyclic amines) is 1. The Bertz CT molecular complexity index is 933. The highest BCUT2D eigenvalue weighted by molar-refractivity contribution is 5.89. The van der Waals surface area contributed by atoms with Crippen LogP contribution < -0.4 is 5.32 Å². The molecule has 1 aromatic carbocycles. The average molecular weight is 435 g/mol. The quantitative estimate of drug-likeness (QED) is 0.749. The number of urea groups is 1. The number of halogens is 2. The molecular weight excluding hydrogens is 408 g/mol. The van der Waals surface area contributed by atoms with E-state index in [2.05, 4.69) is 15.5 Å². The van der Waals surface area contributed by atoms with Crippen molar-refractivity contribution in [2.24, 2.45) is 0 Å². The predicted octanol–water partition coefficient (Wildman–Crippen LogP) is 3.56. The summed E-state index contributed by atoms with van der Waals surface area (Å²) < 4.78 is 32.4. The zero-order valence-electron chi connectivity index (χ0n) is 17.9. The molecule has 3 rings (SSSR count). The molecule has 0 aliphatic carbocycles. The maximum absolute atomic E-state index is 13.8. The normalized spacial score (nSPS) is 16.5. The molecule has 1 atom stereocenters. The van der Waals surface area contributed by atoms with Crippen LogP contribution in [-0.2, 0) is 11.2 Å². The third kappa shape index (κ3) is 5.77. The fourth-order valence-corrected chi connectivity index (χ4v) is 3.60. The number of nitrogens with zero attached hydrogens (tertiary/aromatic N) is 4. The summed E-state index contributed by atoms with van der Waals surface area (Å²) in [5.74, 6) is -0.265. The van der Waals surface area contributed by atoms with E-state index < -0.39 is 17.7 Å². The molecule has 1 aliphatic heterocycles. The fourth-order valence-electron chi connectivity index (χ4n) is 3.60. The van der Waals surface area contributed by atoms with Crippen LogP contribution >= 0.6 is 0 Å². The highest BCUT2D eigenvalue weighted by Crippen LogP contribution is 2.20. The number of carbonyl (C=O) groups excluding carboxylic acids is 2. The molecule has 1 saturated heterocycles. The number of nitrogens with one attached hydrogen (secondary N) is 1. The number of piperidine rings is 1. The number of amides is 3. The third-order valence-corrected chi connectivity index (χ3v) is 5.25. The van der Waals surface area contributed by atoms with Crippen LogP contribution in [0.15, 0.2) is 22.7 Å². The molecule has 3 amide bonds. The Morgan fingerprint density at radius 2 is 2.13 bits per heavy atom. The molecule has 10 heteroatoms. The van der Waals surface area contributed by atoms with Gasteiger partial charge in [0.15, 0.2) is 5.82 Å². The molecule has 2 aromatic rings. The number of carbonyl (C=O) groups is 2. The van der Waals surface area contributed by atoms with Gasteiger partial charge in [0.2, 0.25) is 11.8 Å². The van der Waals surface area contributed by atoms with Gasteiger partial charge in [-0.3, -0.25) is 4.79 Å². The molecule has 0 saturated carbocycles. The Morgan fingerprint density at radius 3 is 2.81 bits per heavy atom. The second-order valence-corrected chi connectivity index (χ2v) is 7.96. The van der Waals surface area contributed by atoms with E-state index in [0.29, 0.717) is 44.2 Å². The monoisotopic (exact) mass is 435 g/mol. The Hall–Kier alpha value is -3.04. The van der Waals surface area contributed by atoms with Crippen LogP contribution in [0.2, 0.25) is 0 Å². The molecule has 1 unspecified atom stereocenters. The van der Waals surface area contributed by atoms with E-state index >= 15 is 0 Å². The van der Waals surface area contributed by atoms with Gasteiger partial charge in [0.05, 0.1) is 5.69 Å². The number of hydrogen-bond donors (Lipinski definition) is 1. The van der Waals surface area contributed by atoms with Crippen molar-refractivity contribution in [1.82, 2.24) is 19.9 Å². The summed E-state index contributed by atoms with van der Waals surface area (Å²) in [5, 5.41) is 6.37. The van der Waals surface area contributed by atoms with E-state index in [1.54, 1.807) is 4.90 Å². The predicted molar refractivity (Wildman–Crippen MR) is 109 cm³/mol. The maximum Gasteiger partial charge on any atom is 0.321 e. The molecule has 168 valence electrons. The van der Waals surface area contributed by atoms with Gasteiger partial charge in [0, 0.05) is 51.0 Å². The summed E-state index contributed by atoms with van der Waals surface area (Å²) in [6.07, 6.45) is 1.86. The van der Waals surface area contributed by atoms with Crippen LogP contribution in [0.4, 0.5) is 19.3 Å². The lowest BCUT2D eigenvalue weighted by Gasteiger charge is -2.39. The molecule has 31 heavy (non-hydrogen) atoms. The van der Waals surface area contributed by atoms with E-state index in [4.69, 9.17) is 4.52 Å². The molecule has 1 aliphatic rings. The van der Waals surface area contributed by atoms with Crippen LogP contribution in [-0.4, -0.2) is 57.6 Å². The van der Waals surface area contributed by atoms with E-state index in [1.807, 2.05) is 13.8 Å². The van der Waals surface area contributed by atoms with Gasteiger partial charge in [-0.2, -0.15) is 4.98 Å². The highest BCUT2D eigenvalue weighted by Gasteiger charge is 2.30. The van der Waals surface area contributed by atoms with Crippen LogP contribution in [0.3, 0.4) is 0 Å². The Morgan fingerprint density at radius 1 is 1.35 bits per heavy atom. The minimum absolute atomic E-state index is 0.115. The maximum atomic E-state index is 13.8. The summed E-state index contributed by atoms with van der Waals surface area (Å²) in [4.78, 5) is 32.4. The Labute approximate surface area is 179 Å². The van der Waals surface area contributed by atoms with E-state index in [-0.39, 0.29) is 23.6 Å². The fraction of sp³-hybridized carbons (Fsp3) is 0.524. The first-order valence-corrected chi connectivity index (χ1v) is 10.3. The van der Waals surface area contributed by atoms with Gasteiger partial charge in [-0.1, -0.05) is 19.0 Å². The van der Waals surface area contributed by atoms with Crippen LogP contribution in [0.5, 0.6) is 0 Å². The van der Waals surface area contributed by atoms with Crippen LogP contribution in [0.25, 0.3) is 0 Å². The number of hydrogen-bond acceptors (Lipinski definition) is 5. The largest absolute Gasteiger partial charge is 0.339 e. The van der Waals surface area contributed by atoms with Gasteiger partial charge in [0.25, 0.3) is 0 Å². The number of rotatable bonds is 6. The first-order chi connectivity index (χ1) is 14.7. The molecule has 1 aromatic heterocycles. The van der Waals surface area contributed by atoms with Gasteiger partial charge >= 0.3 is 6.03 Å². The van der Waals surface area contributed by atoms with Crippen molar-refractivity contribution < 1.29 is 22.9 Å². The van der Waals surface area contributed by atoms with E-state index in [0.717, 1.165) is 24.6 Å². The zero-order valence-corrected chi connectivity index (χ0v) is 17.9. The molecule has 1 N–H and O–H groups in total. The van der Waals surface area contributed by atoms with Gasteiger partial charge in [-0.25, -0.2) is 13.6 Å². The van der Waals surface area contributed by atoms with Crippen LogP contribution in [0.1, 0.15) is 51.2 Å². The van der Waals surface area contributed by atoms with Crippen molar-refractivity contribution in [3.63, 3.8) is 0 Å². The molecule has 0 bridgehead atoms. The lowest BCUT2D eigenvalue weighted by molar-refractivity contribution is -0.132. The zero-order chi connectivity index (χ0) is 22.5. The van der Waals surface area contributed by atoms with Crippen molar-refractivity contribution in [1.29, 1.82) is 0 Å². The molecule has 0 spiro atoms. The summed E-state index contributed by atoms with van der Waals surface area (Å²) in [6.45, 7) is 6.55. The van der Waals surface area contributed by atoms with Crippen LogP contribution in [0, 0.1) is 11.6 Å². The molecule has 8 nitrogen and oxygen atoms in total. The minimum Gasteiger partial charge on any atom is -0.339 e. The third-order valence-electron chi connectivity index (χ3n) is 5.25. The smallest absolute Gasteiger partial charge is 0.321 e. The van der Waals surface area contributed by atoms with Crippen molar-refractivity contribution in [2.75, 3.05) is 25.0 Å². The topological polar surface area (TPSA) is 91.6 Å². The van der Waals surface area contributed by atoms with Gasteiger partial charge in [-0.05, 0) is 25.0 Å². The minimum atomic E-state index is -0.713. The second-order valence-electron chi connectivity index (χ2n) is 7.96. The van der Waals surface area contributed by atoms with E-state index in [1.165, 1.54) is 11.8 Å². The van der Waals surface area contributed by atoms with Crippen molar-refractivity contribution in [3.8, 4) is 0 Å². The summed E-state index contributed by atoms with van der Waals surface area (Å²) in [7, 11) is 0. The Kier molecular flexibility index (Phi) is 7.19. The SMILES string of the molecule is CC(=O)N(CCc1noc(C(C)C)n1)C1CCCN(C(=O)Nc2cc(F)ccc2F)C1. The molecular formula is C21H27F2N5O3. The Balaban J connectivity index is 1.62. The summed E-state index contributed by atoms with van der Waals surface area (Å²) in [6, 6.07) is 2.17. The van der Waals surface area contributed by atoms with Crippen molar-refractivity contribution in [2.45, 2.75) is 52.0 Å². The summed E-state index contributed by atoms with van der Waals surface area (Å²) >= 11 is 0. The average Bonchev–Trinajstić information content (AvgIpc) is 3.20. The number of anilines is 1. The number of aromatic nitrogens is 2. The molecule has 0 radical (unpaired) electrons. The van der Waals surface area contributed by atoms with Crippen molar-refractivity contribution in [3.05, 3.63) is 41.5 Å².